The molecule has 0 radical (unpaired) electrons. The van der Waals surface area contributed by atoms with Crippen LogP contribution in [-0.2, 0) is 9.53 Å². The van der Waals surface area contributed by atoms with Gasteiger partial charge in [0.15, 0.2) is 0 Å². The lowest BCUT2D eigenvalue weighted by atomic mass is 9.92. The Bertz CT molecular complexity index is 815. The van der Waals surface area contributed by atoms with E-state index in [1.54, 1.807) is 25.7 Å². The maximum Gasteiger partial charge on any atom is 0.313 e. The van der Waals surface area contributed by atoms with E-state index in [0.29, 0.717) is 25.4 Å². The van der Waals surface area contributed by atoms with Gasteiger partial charge >= 0.3 is 5.97 Å². The van der Waals surface area contributed by atoms with Gasteiger partial charge in [0.1, 0.15) is 0 Å². The molecule has 3 rings (SSSR count). The average Bonchev–Trinajstić information content (AvgIpc) is 2.64. The number of ether oxygens (including phenoxy) is 1. The summed E-state index contributed by atoms with van der Waals surface area (Å²) in [7, 11) is 0. The van der Waals surface area contributed by atoms with Crippen LogP contribution in [0.15, 0.2) is 48.5 Å². The minimum atomic E-state index is -0.755. The van der Waals surface area contributed by atoms with Crippen molar-refractivity contribution in [1.29, 1.82) is 0 Å². The predicted octanol–water partition coefficient (Wildman–Crippen LogP) is 3.77. The fourth-order valence-corrected chi connectivity index (χ4v) is 3.11. The van der Waals surface area contributed by atoms with E-state index in [1.807, 2.05) is 48.5 Å². The van der Waals surface area contributed by atoms with Gasteiger partial charge in [-0.3, -0.25) is 9.59 Å². The van der Waals surface area contributed by atoms with Gasteiger partial charge in [0, 0.05) is 12.2 Å². The molecular weight excluding hydrogens is 328 g/mol. The number of amides is 1. The van der Waals surface area contributed by atoms with Crippen LogP contribution in [0, 0.1) is 5.41 Å². The molecule has 26 heavy (non-hydrogen) atoms. The largest absolute Gasteiger partial charge is 0.466 e. The van der Waals surface area contributed by atoms with Gasteiger partial charge in [-0.05, 0) is 44.0 Å². The molecular formula is C21H24N2O3. The van der Waals surface area contributed by atoms with Crippen molar-refractivity contribution in [2.75, 3.05) is 25.1 Å². The number of rotatable bonds is 5. The van der Waals surface area contributed by atoms with Gasteiger partial charge in [-0.1, -0.05) is 36.4 Å². The SMILES string of the molecule is CCOC(=O)C(C)(C)CN1CNc2cc(-c3ccccc3)ccc2C1=O. The molecule has 2 aromatic carbocycles. The summed E-state index contributed by atoms with van der Waals surface area (Å²) < 4.78 is 5.12. The molecule has 1 aliphatic rings. The first kappa shape index (κ1) is 18.0. The summed E-state index contributed by atoms with van der Waals surface area (Å²) in [6.45, 7) is 6.38. The second-order valence-electron chi connectivity index (χ2n) is 7.07. The number of hydrogen-bond donors (Lipinski definition) is 1. The minimum Gasteiger partial charge on any atom is -0.466 e. The van der Waals surface area contributed by atoms with Gasteiger partial charge in [0.2, 0.25) is 0 Å². The van der Waals surface area contributed by atoms with Gasteiger partial charge in [-0.25, -0.2) is 0 Å². The molecule has 0 spiro atoms. The van der Waals surface area contributed by atoms with Gasteiger partial charge in [0.05, 0.1) is 24.3 Å². The molecule has 5 heteroatoms. The molecule has 0 saturated carbocycles. The number of nitrogens with zero attached hydrogens (tertiary/aromatic N) is 1. The normalized spacial score (nSPS) is 13.8. The molecule has 0 aromatic heterocycles. The van der Waals surface area contributed by atoms with Crippen molar-refractivity contribution >= 4 is 17.6 Å². The summed E-state index contributed by atoms with van der Waals surface area (Å²) in [6, 6.07) is 15.8. The number of carbonyl (C=O) groups excluding carboxylic acids is 2. The van der Waals surface area contributed by atoms with Gasteiger partial charge in [-0.15, -0.1) is 0 Å². The van der Waals surface area contributed by atoms with Gasteiger partial charge in [-0.2, -0.15) is 0 Å². The fraction of sp³-hybridized carbons (Fsp3) is 0.333. The lowest BCUT2D eigenvalue weighted by Crippen LogP contribution is -2.47. The highest BCUT2D eigenvalue weighted by Gasteiger charge is 2.35. The van der Waals surface area contributed by atoms with Crippen molar-refractivity contribution in [2.24, 2.45) is 5.41 Å². The zero-order valence-electron chi connectivity index (χ0n) is 15.4. The molecule has 0 atom stereocenters. The molecule has 0 saturated heterocycles. The van der Waals surface area contributed by atoms with Gasteiger partial charge in [0.25, 0.3) is 5.91 Å². The van der Waals surface area contributed by atoms with Crippen molar-refractivity contribution in [2.45, 2.75) is 20.8 Å². The minimum absolute atomic E-state index is 0.0734. The first-order chi connectivity index (χ1) is 12.4. The number of hydrogen-bond acceptors (Lipinski definition) is 4. The maximum absolute atomic E-state index is 12.9. The average molecular weight is 352 g/mol. The zero-order valence-corrected chi connectivity index (χ0v) is 15.4. The Hall–Kier alpha value is -2.82. The fourth-order valence-electron chi connectivity index (χ4n) is 3.11. The first-order valence-electron chi connectivity index (χ1n) is 8.82. The van der Waals surface area contributed by atoms with Crippen LogP contribution in [-0.4, -0.2) is 36.6 Å². The summed E-state index contributed by atoms with van der Waals surface area (Å²) >= 11 is 0. The summed E-state index contributed by atoms with van der Waals surface area (Å²) in [5.74, 6) is -0.367. The van der Waals surface area contributed by atoms with Crippen molar-refractivity contribution in [3.63, 3.8) is 0 Å². The molecule has 2 aromatic rings. The van der Waals surface area contributed by atoms with E-state index in [1.165, 1.54) is 0 Å². The predicted molar refractivity (Wildman–Crippen MR) is 102 cm³/mol. The van der Waals surface area contributed by atoms with Crippen molar-refractivity contribution in [1.82, 2.24) is 4.90 Å². The highest BCUT2D eigenvalue weighted by Crippen LogP contribution is 2.30. The maximum atomic E-state index is 12.9. The Morgan fingerprint density at radius 2 is 1.88 bits per heavy atom. The molecule has 136 valence electrons. The van der Waals surface area contributed by atoms with E-state index in [-0.39, 0.29) is 11.9 Å². The van der Waals surface area contributed by atoms with E-state index in [2.05, 4.69) is 5.32 Å². The van der Waals surface area contributed by atoms with Crippen LogP contribution < -0.4 is 5.32 Å². The molecule has 1 aliphatic heterocycles. The third-order valence-corrected chi connectivity index (χ3v) is 4.52. The molecule has 0 aliphatic carbocycles. The van der Waals surface area contributed by atoms with E-state index in [9.17, 15) is 9.59 Å². The third-order valence-electron chi connectivity index (χ3n) is 4.52. The molecule has 5 nitrogen and oxygen atoms in total. The standard InChI is InChI=1S/C21H24N2O3/c1-4-26-20(25)21(2,3)13-23-14-22-18-12-16(10-11-17(18)19(23)24)15-8-6-5-7-9-15/h5-12,22H,4,13-14H2,1-3H3. The highest BCUT2D eigenvalue weighted by atomic mass is 16.5. The van der Waals surface area contributed by atoms with Crippen LogP contribution in [0.1, 0.15) is 31.1 Å². The van der Waals surface area contributed by atoms with Crippen LogP contribution in [0.25, 0.3) is 11.1 Å². The van der Waals surface area contributed by atoms with Crippen LogP contribution >= 0.6 is 0 Å². The lowest BCUT2D eigenvalue weighted by molar-refractivity contribution is -0.154. The number of carbonyl (C=O) groups is 2. The summed E-state index contributed by atoms with van der Waals surface area (Å²) in [5, 5.41) is 3.30. The Morgan fingerprint density at radius 1 is 1.15 bits per heavy atom. The monoisotopic (exact) mass is 352 g/mol. The molecule has 1 heterocycles. The summed E-state index contributed by atoms with van der Waals surface area (Å²) in [5.41, 5.74) is 2.85. The van der Waals surface area contributed by atoms with Crippen molar-refractivity contribution in [3.05, 3.63) is 54.1 Å². The van der Waals surface area contributed by atoms with E-state index in [0.717, 1.165) is 16.8 Å². The van der Waals surface area contributed by atoms with Crippen LogP contribution in [0.2, 0.25) is 0 Å². The Balaban J connectivity index is 1.80. The van der Waals surface area contributed by atoms with E-state index >= 15 is 0 Å². The second kappa shape index (κ2) is 7.20. The van der Waals surface area contributed by atoms with Crippen molar-refractivity contribution in [3.8, 4) is 11.1 Å². The molecule has 0 bridgehead atoms. The number of nitrogens with one attached hydrogen (secondary N) is 1. The lowest BCUT2D eigenvalue weighted by Gasteiger charge is -2.35. The number of benzene rings is 2. The third kappa shape index (κ3) is 3.57. The van der Waals surface area contributed by atoms with Crippen LogP contribution in [0.4, 0.5) is 5.69 Å². The topological polar surface area (TPSA) is 58.6 Å². The Morgan fingerprint density at radius 3 is 2.58 bits per heavy atom. The molecule has 1 amide bonds. The highest BCUT2D eigenvalue weighted by molar-refractivity contribution is 6.02. The molecule has 1 N–H and O–H groups in total. The summed E-state index contributed by atoms with van der Waals surface area (Å²) in [6.07, 6.45) is 0. The first-order valence-corrected chi connectivity index (χ1v) is 8.82. The van der Waals surface area contributed by atoms with Crippen LogP contribution in [0.5, 0.6) is 0 Å². The molecule has 0 unspecified atom stereocenters. The smallest absolute Gasteiger partial charge is 0.313 e. The van der Waals surface area contributed by atoms with Crippen molar-refractivity contribution < 1.29 is 14.3 Å². The number of fused-ring (bicyclic) bond motifs is 1. The molecule has 0 fully saturated rings. The van der Waals surface area contributed by atoms with Crippen LogP contribution in [0.3, 0.4) is 0 Å². The van der Waals surface area contributed by atoms with Gasteiger partial charge < -0.3 is 15.0 Å². The summed E-state index contributed by atoms with van der Waals surface area (Å²) in [4.78, 5) is 26.6. The number of anilines is 1. The van der Waals surface area contributed by atoms with E-state index < -0.39 is 5.41 Å². The Labute approximate surface area is 154 Å². The Kier molecular flexibility index (Phi) is 4.98. The second-order valence-corrected chi connectivity index (χ2v) is 7.07. The quantitative estimate of drug-likeness (QED) is 0.832. The zero-order chi connectivity index (χ0) is 18.7. The van der Waals surface area contributed by atoms with E-state index in [4.69, 9.17) is 4.74 Å². The number of esters is 1.